The van der Waals surface area contributed by atoms with Gasteiger partial charge in [0.25, 0.3) is 17.4 Å². The summed E-state index contributed by atoms with van der Waals surface area (Å²) in [7, 11) is 3.70. The third-order valence-electron chi connectivity index (χ3n) is 5.99. The number of hydrogen-bond acceptors (Lipinski definition) is 7. The van der Waals surface area contributed by atoms with E-state index in [0.29, 0.717) is 29.1 Å². The number of Topliss-reactive ketones (excluding diaryl/α,β-unsaturated/α-hetero) is 1. The molecule has 2 aromatic heterocycles. The van der Waals surface area contributed by atoms with E-state index in [1.165, 1.54) is 29.2 Å². The number of fused-ring (bicyclic) bond motifs is 1. The Morgan fingerprint density at radius 2 is 1.85 bits per heavy atom. The fourth-order valence-electron chi connectivity index (χ4n) is 4.27. The summed E-state index contributed by atoms with van der Waals surface area (Å²) in [6, 6.07) is 8.48. The van der Waals surface area contributed by atoms with Crippen molar-refractivity contribution in [3.63, 3.8) is 0 Å². The van der Waals surface area contributed by atoms with Crippen molar-refractivity contribution in [2.75, 3.05) is 27.2 Å². The minimum Gasteiger partial charge on any atom is -0.505 e. The van der Waals surface area contributed by atoms with Crippen molar-refractivity contribution in [3.8, 4) is 0 Å². The standard InChI is InChI=1S/C24H25N5O5/c1-14-6-5-11-27-19(15(2)25-23(14)27)21(30)18-20(16-7-9-17(10-8-16)29(33)34)28(13-12-26(3)4)24(32)22(18)31/h5-11,20,30H,12-13H2,1-4H3/b21-18+/t20-/m1/s1. The summed E-state index contributed by atoms with van der Waals surface area (Å²) in [5.74, 6) is -1.86. The highest BCUT2D eigenvalue weighted by atomic mass is 16.6. The number of likely N-dealkylation sites (N-methyl/N-ethyl adjacent to an activating group) is 1. The third-order valence-corrected chi connectivity index (χ3v) is 5.99. The van der Waals surface area contributed by atoms with Gasteiger partial charge in [0, 0.05) is 31.4 Å². The number of aromatic nitrogens is 2. The number of ketones is 1. The summed E-state index contributed by atoms with van der Waals surface area (Å²) in [5.41, 5.74) is 2.68. The highest BCUT2D eigenvalue weighted by Gasteiger charge is 2.46. The summed E-state index contributed by atoms with van der Waals surface area (Å²) in [5, 5.41) is 22.6. The van der Waals surface area contributed by atoms with Gasteiger partial charge in [-0.15, -0.1) is 0 Å². The van der Waals surface area contributed by atoms with Crippen LogP contribution in [0.2, 0.25) is 0 Å². The second-order valence-electron chi connectivity index (χ2n) is 8.58. The van der Waals surface area contributed by atoms with E-state index in [0.717, 1.165) is 5.56 Å². The Kier molecular flexibility index (Phi) is 5.92. The van der Waals surface area contributed by atoms with Crippen LogP contribution >= 0.6 is 0 Å². The molecule has 0 bridgehead atoms. The number of imidazole rings is 1. The van der Waals surface area contributed by atoms with Gasteiger partial charge in [0.2, 0.25) is 0 Å². The van der Waals surface area contributed by atoms with Crippen molar-refractivity contribution in [3.05, 3.63) is 80.8 Å². The van der Waals surface area contributed by atoms with E-state index >= 15 is 0 Å². The SMILES string of the molecule is Cc1nc2c(C)cccn2c1/C(O)=C1\C(=O)C(=O)N(CCN(C)C)[C@@H]1c1ccc([N+](=O)[O-])cc1. The molecule has 10 heteroatoms. The number of nitrogens with zero attached hydrogens (tertiary/aromatic N) is 5. The number of aryl methyl sites for hydroxylation is 2. The molecule has 0 aliphatic carbocycles. The average Bonchev–Trinajstić information content (AvgIpc) is 3.26. The molecule has 0 saturated carbocycles. The van der Waals surface area contributed by atoms with E-state index in [9.17, 15) is 24.8 Å². The Labute approximate surface area is 195 Å². The molecule has 3 heterocycles. The maximum absolute atomic E-state index is 13.2. The molecule has 3 aromatic rings. The summed E-state index contributed by atoms with van der Waals surface area (Å²) in [4.78, 5) is 44.7. The van der Waals surface area contributed by atoms with Crippen molar-refractivity contribution in [1.82, 2.24) is 19.2 Å². The van der Waals surface area contributed by atoms with Gasteiger partial charge in [-0.1, -0.05) is 6.07 Å². The van der Waals surface area contributed by atoms with Crippen molar-refractivity contribution >= 4 is 28.8 Å². The summed E-state index contributed by atoms with van der Waals surface area (Å²) < 4.78 is 1.69. The number of rotatable bonds is 6. The zero-order valence-corrected chi connectivity index (χ0v) is 19.3. The fourth-order valence-corrected chi connectivity index (χ4v) is 4.27. The quantitative estimate of drug-likeness (QED) is 0.196. The normalized spacial score (nSPS) is 17.8. The minimum absolute atomic E-state index is 0.0657. The molecule has 176 valence electrons. The fraction of sp³-hybridized carbons (Fsp3) is 0.292. The molecule has 1 saturated heterocycles. The molecule has 0 spiro atoms. The third kappa shape index (κ3) is 3.81. The van der Waals surface area contributed by atoms with Crippen LogP contribution in [0.1, 0.15) is 28.6 Å². The van der Waals surface area contributed by atoms with Crippen LogP contribution in [0.25, 0.3) is 11.4 Å². The largest absolute Gasteiger partial charge is 0.505 e. The molecule has 10 nitrogen and oxygen atoms in total. The number of likely N-dealkylation sites (tertiary alicyclic amines) is 1. The van der Waals surface area contributed by atoms with Crippen LogP contribution in [-0.4, -0.2) is 68.1 Å². The van der Waals surface area contributed by atoms with E-state index in [1.54, 1.807) is 17.5 Å². The number of aliphatic hydroxyl groups excluding tert-OH is 1. The second kappa shape index (κ2) is 8.71. The maximum atomic E-state index is 13.2. The number of nitro groups is 1. The lowest BCUT2D eigenvalue weighted by Crippen LogP contribution is -2.35. The number of carbonyl (C=O) groups excluding carboxylic acids is 2. The monoisotopic (exact) mass is 463 g/mol. The lowest BCUT2D eigenvalue weighted by atomic mass is 9.96. The topological polar surface area (TPSA) is 121 Å². The van der Waals surface area contributed by atoms with Gasteiger partial charge < -0.3 is 14.9 Å². The highest BCUT2D eigenvalue weighted by molar-refractivity contribution is 6.46. The molecule has 1 fully saturated rings. The lowest BCUT2D eigenvalue weighted by molar-refractivity contribution is -0.384. The number of pyridine rings is 1. The Morgan fingerprint density at radius 1 is 1.18 bits per heavy atom. The number of hydrogen-bond donors (Lipinski definition) is 1. The smallest absolute Gasteiger partial charge is 0.295 e. The van der Waals surface area contributed by atoms with Crippen LogP contribution in [0.4, 0.5) is 5.69 Å². The molecule has 1 atom stereocenters. The van der Waals surface area contributed by atoms with Crippen molar-refractivity contribution < 1.29 is 19.6 Å². The van der Waals surface area contributed by atoms with Crippen molar-refractivity contribution in [2.45, 2.75) is 19.9 Å². The number of nitro benzene ring substituents is 1. The van der Waals surface area contributed by atoms with Gasteiger partial charge >= 0.3 is 0 Å². The Bertz CT molecular complexity index is 1340. The highest BCUT2D eigenvalue weighted by Crippen LogP contribution is 2.40. The summed E-state index contributed by atoms with van der Waals surface area (Å²) in [6.45, 7) is 4.35. The molecule has 1 aromatic carbocycles. The Hall–Kier alpha value is -4.05. The minimum atomic E-state index is -0.893. The molecule has 0 unspecified atom stereocenters. The first-order valence-electron chi connectivity index (χ1n) is 10.7. The number of amides is 1. The molecule has 4 rings (SSSR count). The number of benzene rings is 1. The zero-order valence-electron chi connectivity index (χ0n) is 19.3. The van der Waals surface area contributed by atoms with Gasteiger partial charge in [0.15, 0.2) is 5.76 Å². The molecular weight excluding hydrogens is 438 g/mol. The van der Waals surface area contributed by atoms with Gasteiger partial charge in [0.05, 0.1) is 22.2 Å². The van der Waals surface area contributed by atoms with E-state index in [4.69, 9.17) is 0 Å². The van der Waals surface area contributed by atoms with Gasteiger partial charge in [-0.25, -0.2) is 4.98 Å². The average molecular weight is 463 g/mol. The summed E-state index contributed by atoms with van der Waals surface area (Å²) in [6.07, 6.45) is 1.74. The van der Waals surface area contributed by atoms with Crippen LogP contribution in [0.3, 0.4) is 0 Å². The molecular formula is C24H25N5O5. The second-order valence-corrected chi connectivity index (χ2v) is 8.58. The van der Waals surface area contributed by atoms with Gasteiger partial charge in [-0.3, -0.25) is 24.1 Å². The maximum Gasteiger partial charge on any atom is 0.295 e. The number of non-ortho nitro benzene ring substituents is 1. The number of carbonyl (C=O) groups is 2. The molecule has 34 heavy (non-hydrogen) atoms. The van der Waals surface area contributed by atoms with Crippen LogP contribution in [0.5, 0.6) is 0 Å². The Morgan fingerprint density at radius 3 is 2.47 bits per heavy atom. The predicted molar refractivity (Wildman–Crippen MR) is 125 cm³/mol. The van der Waals surface area contributed by atoms with Gasteiger partial charge in [-0.05, 0) is 57.3 Å². The van der Waals surface area contributed by atoms with Crippen molar-refractivity contribution in [2.24, 2.45) is 0 Å². The van der Waals surface area contributed by atoms with Crippen LogP contribution in [0, 0.1) is 24.0 Å². The van der Waals surface area contributed by atoms with Crippen LogP contribution < -0.4 is 0 Å². The molecule has 1 N–H and O–H groups in total. The zero-order chi connectivity index (χ0) is 24.7. The lowest BCUT2D eigenvalue weighted by Gasteiger charge is -2.26. The first kappa shape index (κ1) is 23.1. The first-order valence-corrected chi connectivity index (χ1v) is 10.7. The van der Waals surface area contributed by atoms with E-state index in [-0.39, 0.29) is 23.6 Å². The molecule has 0 radical (unpaired) electrons. The first-order chi connectivity index (χ1) is 16.1. The molecule has 1 amide bonds. The molecule has 1 aliphatic heterocycles. The Balaban J connectivity index is 1.93. The predicted octanol–water partition coefficient (Wildman–Crippen LogP) is 2.84. The van der Waals surface area contributed by atoms with Gasteiger partial charge in [0.1, 0.15) is 11.3 Å². The summed E-state index contributed by atoms with van der Waals surface area (Å²) >= 11 is 0. The van der Waals surface area contributed by atoms with Crippen LogP contribution in [0.15, 0.2) is 48.2 Å². The van der Waals surface area contributed by atoms with E-state index in [1.807, 2.05) is 38.1 Å². The van der Waals surface area contributed by atoms with E-state index in [2.05, 4.69) is 4.98 Å². The van der Waals surface area contributed by atoms with E-state index < -0.39 is 22.7 Å². The van der Waals surface area contributed by atoms with Gasteiger partial charge in [-0.2, -0.15) is 0 Å². The van der Waals surface area contributed by atoms with Crippen molar-refractivity contribution in [1.29, 1.82) is 0 Å². The van der Waals surface area contributed by atoms with Crippen LogP contribution in [-0.2, 0) is 9.59 Å². The number of aliphatic hydroxyl groups is 1. The molecule has 1 aliphatic rings.